The fourth-order valence-electron chi connectivity index (χ4n) is 4.49. The fraction of sp³-hybridized carbons (Fsp3) is 0.370. The quantitative estimate of drug-likeness (QED) is 0.433. The van der Waals surface area contributed by atoms with Crippen LogP contribution < -0.4 is 14.2 Å². The van der Waals surface area contributed by atoms with Gasteiger partial charge in [0.2, 0.25) is 5.75 Å². The zero-order valence-electron chi connectivity index (χ0n) is 19.8. The van der Waals surface area contributed by atoms with E-state index in [9.17, 15) is 9.90 Å². The van der Waals surface area contributed by atoms with Crippen LogP contribution in [0.2, 0.25) is 0 Å². The Morgan fingerprint density at radius 1 is 1.09 bits per heavy atom. The number of hydrogen-bond donors (Lipinski definition) is 1. The van der Waals surface area contributed by atoms with Gasteiger partial charge >= 0.3 is 5.97 Å². The van der Waals surface area contributed by atoms with Crippen molar-refractivity contribution in [1.82, 2.24) is 4.90 Å². The largest absolute Gasteiger partial charge is 0.493 e. The van der Waals surface area contributed by atoms with Crippen molar-refractivity contribution in [3.63, 3.8) is 0 Å². The number of hydrogen-bond acceptors (Lipinski definition) is 6. The van der Waals surface area contributed by atoms with Gasteiger partial charge in [0.1, 0.15) is 6.61 Å². The van der Waals surface area contributed by atoms with Crippen LogP contribution in [-0.4, -0.2) is 43.3 Å². The number of benzene rings is 2. The van der Waals surface area contributed by atoms with Crippen LogP contribution in [0.3, 0.4) is 0 Å². The lowest BCUT2D eigenvalue weighted by atomic mass is 9.93. The van der Waals surface area contributed by atoms with Crippen molar-refractivity contribution in [1.29, 1.82) is 0 Å². The van der Waals surface area contributed by atoms with Crippen molar-refractivity contribution in [2.75, 3.05) is 27.3 Å². The summed E-state index contributed by atoms with van der Waals surface area (Å²) in [6.07, 6.45) is 1.28. The average molecular weight is 482 g/mol. The minimum Gasteiger partial charge on any atom is -0.493 e. The Kier molecular flexibility index (Phi) is 7.75. The Balaban J connectivity index is 1.67. The zero-order valence-corrected chi connectivity index (χ0v) is 20.6. The molecule has 0 spiro atoms. The van der Waals surface area contributed by atoms with Gasteiger partial charge < -0.3 is 19.3 Å². The van der Waals surface area contributed by atoms with Crippen LogP contribution >= 0.6 is 11.3 Å². The van der Waals surface area contributed by atoms with E-state index in [0.29, 0.717) is 36.7 Å². The van der Waals surface area contributed by atoms with E-state index < -0.39 is 5.97 Å². The van der Waals surface area contributed by atoms with E-state index in [-0.39, 0.29) is 12.0 Å². The van der Waals surface area contributed by atoms with Gasteiger partial charge in [-0.25, -0.2) is 0 Å². The molecule has 0 bridgehead atoms. The van der Waals surface area contributed by atoms with Crippen LogP contribution in [0.25, 0.3) is 0 Å². The average Bonchev–Trinajstić information content (AvgIpc) is 3.29. The number of rotatable bonds is 9. The van der Waals surface area contributed by atoms with Gasteiger partial charge in [0.25, 0.3) is 0 Å². The second-order valence-electron chi connectivity index (χ2n) is 8.61. The summed E-state index contributed by atoms with van der Waals surface area (Å²) in [5.41, 5.74) is 3.31. The second-order valence-corrected chi connectivity index (χ2v) is 9.55. The number of carbonyl (C=O) groups is 1. The molecule has 0 saturated carbocycles. The Labute approximate surface area is 204 Å². The highest BCUT2D eigenvalue weighted by Gasteiger charge is 2.32. The van der Waals surface area contributed by atoms with Crippen LogP contribution in [0.4, 0.5) is 0 Å². The van der Waals surface area contributed by atoms with Gasteiger partial charge in [-0.15, -0.1) is 11.3 Å². The summed E-state index contributed by atoms with van der Waals surface area (Å²) in [6.45, 7) is 3.93. The predicted molar refractivity (Wildman–Crippen MR) is 133 cm³/mol. The Hall–Kier alpha value is -3.03. The number of carboxylic acids is 1. The molecule has 0 aliphatic carbocycles. The normalized spacial score (nSPS) is 15.6. The number of likely N-dealkylation sites (tertiary alicyclic amines) is 1. The SMILES string of the molecule is COc1cc(C(c2cc(C)cs2)N2CCC(C(=O)O)CC2)cc(OC)c1OCc1ccccc1. The lowest BCUT2D eigenvalue weighted by Crippen LogP contribution is -2.39. The summed E-state index contributed by atoms with van der Waals surface area (Å²) < 4.78 is 17.6. The number of thiophene rings is 1. The predicted octanol–water partition coefficient (Wildman–Crippen LogP) is 5.54. The van der Waals surface area contributed by atoms with Gasteiger partial charge in [0, 0.05) is 4.88 Å². The van der Waals surface area contributed by atoms with Gasteiger partial charge in [0.15, 0.2) is 11.5 Å². The number of methoxy groups -OCH3 is 2. The monoisotopic (exact) mass is 481 g/mol. The van der Waals surface area contributed by atoms with Crippen LogP contribution in [0.5, 0.6) is 17.2 Å². The molecule has 7 heteroatoms. The Bertz CT molecular complexity index is 1080. The van der Waals surface area contributed by atoms with Crippen molar-refractivity contribution < 1.29 is 24.1 Å². The van der Waals surface area contributed by atoms with E-state index in [1.165, 1.54) is 10.4 Å². The maximum absolute atomic E-state index is 11.5. The first-order valence-corrected chi connectivity index (χ1v) is 12.3. The second kappa shape index (κ2) is 10.9. The van der Waals surface area contributed by atoms with Crippen molar-refractivity contribution >= 4 is 17.3 Å². The van der Waals surface area contributed by atoms with Crippen LogP contribution in [-0.2, 0) is 11.4 Å². The molecule has 1 unspecified atom stereocenters. The first-order chi connectivity index (χ1) is 16.5. The minimum atomic E-state index is -0.702. The highest BCUT2D eigenvalue weighted by Crippen LogP contribution is 2.44. The number of carboxylic acid groups (broad SMARTS) is 1. The first kappa shape index (κ1) is 24.1. The van der Waals surface area contributed by atoms with Gasteiger partial charge in [-0.1, -0.05) is 30.3 Å². The van der Waals surface area contributed by atoms with Gasteiger partial charge in [0.05, 0.1) is 26.2 Å². The van der Waals surface area contributed by atoms with Crippen molar-refractivity contribution in [3.8, 4) is 17.2 Å². The van der Waals surface area contributed by atoms with E-state index in [1.807, 2.05) is 42.5 Å². The van der Waals surface area contributed by atoms with Crippen LogP contribution in [0.1, 0.15) is 40.5 Å². The van der Waals surface area contributed by atoms with Crippen molar-refractivity contribution in [2.24, 2.45) is 5.92 Å². The van der Waals surface area contributed by atoms with Crippen molar-refractivity contribution in [2.45, 2.75) is 32.4 Å². The number of aliphatic carboxylic acids is 1. The number of nitrogens with zero attached hydrogens (tertiary/aromatic N) is 1. The lowest BCUT2D eigenvalue weighted by molar-refractivity contribution is -0.143. The summed E-state index contributed by atoms with van der Waals surface area (Å²) in [6, 6.07) is 16.2. The molecule has 4 rings (SSSR count). The van der Waals surface area contributed by atoms with Crippen molar-refractivity contribution in [3.05, 3.63) is 75.5 Å². The van der Waals surface area contributed by atoms with Gasteiger partial charge in [-0.05, 0) is 73.1 Å². The highest BCUT2D eigenvalue weighted by molar-refractivity contribution is 7.10. The third kappa shape index (κ3) is 5.37. The number of ether oxygens (including phenoxy) is 3. The van der Waals surface area contributed by atoms with Gasteiger partial charge in [-0.3, -0.25) is 9.69 Å². The third-order valence-corrected chi connectivity index (χ3v) is 7.39. The maximum atomic E-state index is 11.5. The molecule has 2 heterocycles. The number of piperidine rings is 1. The summed E-state index contributed by atoms with van der Waals surface area (Å²) in [4.78, 5) is 15.1. The topological polar surface area (TPSA) is 68.2 Å². The molecule has 2 aromatic carbocycles. The highest BCUT2D eigenvalue weighted by atomic mass is 32.1. The summed E-state index contributed by atoms with van der Waals surface area (Å²) in [5.74, 6) is 0.822. The molecule has 0 amide bonds. The van der Waals surface area contributed by atoms with E-state index in [2.05, 4.69) is 23.3 Å². The Morgan fingerprint density at radius 3 is 2.26 bits per heavy atom. The molecule has 1 fully saturated rings. The molecule has 1 aliphatic rings. The minimum absolute atomic E-state index is 0.0144. The molecule has 1 saturated heterocycles. The Morgan fingerprint density at radius 2 is 1.74 bits per heavy atom. The first-order valence-electron chi connectivity index (χ1n) is 11.4. The molecule has 6 nitrogen and oxygen atoms in total. The van der Waals surface area contributed by atoms with Crippen LogP contribution in [0.15, 0.2) is 53.9 Å². The summed E-state index contributed by atoms with van der Waals surface area (Å²) >= 11 is 1.72. The third-order valence-electron chi connectivity index (χ3n) is 6.29. The van der Waals surface area contributed by atoms with E-state index in [0.717, 1.165) is 24.2 Å². The summed E-state index contributed by atoms with van der Waals surface area (Å²) in [5, 5.41) is 11.6. The fourth-order valence-corrected chi connectivity index (χ4v) is 5.54. The molecule has 1 aliphatic heterocycles. The molecule has 1 N–H and O–H groups in total. The maximum Gasteiger partial charge on any atom is 0.306 e. The van der Waals surface area contributed by atoms with E-state index >= 15 is 0 Å². The van der Waals surface area contributed by atoms with E-state index in [1.54, 1.807) is 25.6 Å². The summed E-state index contributed by atoms with van der Waals surface area (Å²) in [7, 11) is 3.27. The lowest BCUT2D eigenvalue weighted by Gasteiger charge is -2.36. The smallest absolute Gasteiger partial charge is 0.306 e. The van der Waals surface area contributed by atoms with Crippen LogP contribution in [0, 0.1) is 12.8 Å². The van der Waals surface area contributed by atoms with Gasteiger partial charge in [-0.2, -0.15) is 0 Å². The molecule has 180 valence electrons. The molecule has 1 aromatic heterocycles. The molecule has 0 radical (unpaired) electrons. The molecule has 34 heavy (non-hydrogen) atoms. The van der Waals surface area contributed by atoms with E-state index in [4.69, 9.17) is 14.2 Å². The zero-order chi connectivity index (χ0) is 24.1. The standard InChI is InChI=1S/C27H31NO5S/c1-18-13-24(34-17-18)25(28-11-9-20(10-12-28)27(29)30)21-14-22(31-2)26(23(15-21)32-3)33-16-19-7-5-4-6-8-19/h4-8,13-15,17,20,25H,9-12,16H2,1-3H3,(H,29,30). The molecule has 1 atom stereocenters. The number of aryl methyl sites for hydroxylation is 1. The molecule has 3 aromatic rings. The molecular weight excluding hydrogens is 450 g/mol. The molecular formula is C27H31NO5S.